The van der Waals surface area contributed by atoms with Crippen LogP contribution in [0, 0.1) is 5.92 Å². The van der Waals surface area contributed by atoms with Crippen LogP contribution in [0.25, 0.3) is 0 Å². The summed E-state index contributed by atoms with van der Waals surface area (Å²) in [6, 6.07) is 8.04. The van der Waals surface area contributed by atoms with Gasteiger partial charge in [0.1, 0.15) is 0 Å². The minimum Gasteiger partial charge on any atom is -0.388 e. The fraction of sp³-hybridized carbons (Fsp3) is 0.538. The van der Waals surface area contributed by atoms with Gasteiger partial charge in [0, 0.05) is 6.54 Å². The molecule has 0 spiro atoms. The maximum Gasteiger partial charge on any atom is 0.0818 e. The van der Waals surface area contributed by atoms with Crippen molar-refractivity contribution in [3.63, 3.8) is 0 Å². The quantitative estimate of drug-likeness (QED) is 0.848. The standard InChI is InChI=1S/C13H19NOS/c14-9-10-1-3-11(4-2-10)13(15)12-5-7-16-8-6-12/h1-4,12-13,15H,5-9,14H2. The van der Waals surface area contributed by atoms with Gasteiger partial charge in [0.2, 0.25) is 0 Å². The molecule has 3 N–H and O–H groups in total. The van der Waals surface area contributed by atoms with E-state index in [-0.39, 0.29) is 6.10 Å². The smallest absolute Gasteiger partial charge is 0.0818 e. The van der Waals surface area contributed by atoms with Crippen LogP contribution in [0.3, 0.4) is 0 Å². The second-order valence-corrected chi connectivity index (χ2v) is 5.57. The molecule has 0 radical (unpaired) electrons. The Labute approximate surface area is 101 Å². The molecule has 3 heteroatoms. The molecule has 2 nitrogen and oxygen atoms in total. The number of hydrogen-bond donors (Lipinski definition) is 2. The highest BCUT2D eigenvalue weighted by molar-refractivity contribution is 7.99. The van der Waals surface area contributed by atoms with E-state index in [0.29, 0.717) is 12.5 Å². The monoisotopic (exact) mass is 237 g/mol. The number of aliphatic hydroxyl groups excluding tert-OH is 1. The third-order valence-corrected chi connectivity index (χ3v) is 4.32. The van der Waals surface area contributed by atoms with Gasteiger partial charge in [-0.1, -0.05) is 24.3 Å². The van der Waals surface area contributed by atoms with Crippen LogP contribution in [0.2, 0.25) is 0 Å². The molecule has 1 aliphatic rings. The largest absolute Gasteiger partial charge is 0.388 e. The Morgan fingerprint density at radius 1 is 1.25 bits per heavy atom. The summed E-state index contributed by atoms with van der Waals surface area (Å²) in [6.07, 6.45) is 1.96. The fourth-order valence-electron chi connectivity index (χ4n) is 2.15. The lowest BCUT2D eigenvalue weighted by Crippen LogP contribution is -2.18. The lowest BCUT2D eigenvalue weighted by Gasteiger charge is -2.26. The van der Waals surface area contributed by atoms with Crippen molar-refractivity contribution in [2.24, 2.45) is 11.7 Å². The summed E-state index contributed by atoms with van der Waals surface area (Å²) in [5.74, 6) is 2.80. The van der Waals surface area contributed by atoms with E-state index >= 15 is 0 Å². The number of hydrogen-bond acceptors (Lipinski definition) is 3. The second-order valence-electron chi connectivity index (χ2n) is 4.34. The van der Waals surface area contributed by atoms with Crippen LogP contribution in [-0.2, 0) is 6.54 Å². The van der Waals surface area contributed by atoms with Crippen molar-refractivity contribution >= 4 is 11.8 Å². The first-order chi connectivity index (χ1) is 7.81. The van der Waals surface area contributed by atoms with Crippen molar-refractivity contribution in [3.05, 3.63) is 35.4 Å². The molecule has 1 heterocycles. The summed E-state index contributed by atoms with van der Waals surface area (Å²) in [7, 11) is 0. The average molecular weight is 237 g/mol. The lowest BCUT2D eigenvalue weighted by molar-refractivity contribution is 0.103. The van der Waals surface area contributed by atoms with Crippen LogP contribution in [0.5, 0.6) is 0 Å². The van der Waals surface area contributed by atoms with Gasteiger partial charge in [-0.15, -0.1) is 0 Å². The molecule has 1 saturated heterocycles. The third-order valence-electron chi connectivity index (χ3n) is 3.27. The molecular formula is C13H19NOS. The number of rotatable bonds is 3. The van der Waals surface area contributed by atoms with E-state index in [4.69, 9.17) is 5.73 Å². The molecule has 1 aromatic carbocycles. The SMILES string of the molecule is NCc1ccc(C(O)C2CCSCC2)cc1. The Balaban J connectivity index is 2.04. The van der Waals surface area contributed by atoms with Crippen LogP contribution in [0.15, 0.2) is 24.3 Å². The fourth-order valence-corrected chi connectivity index (χ4v) is 3.30. The van der Waals surface area contributed by atoms with Gasteiger partial charge in [0.15, 0.2) is 0 Å². The summed E-state index contributed by atoms with van der Waals surface area (Å²) in [6.45, 7) is 0.566. The summed E-state index contributed by atoms with van der Waals surface area (Å²) in [5, 5.41) is 10.3. The van der Waals surface area contributed by atoms with Crippen LogP contribution < -0.4 is 5.73 Å². The molecule has 0 amide bonds. The summed E-state index contributed by atoms with van der Waals surface area (Å²) in [5.41, 5.74) is 7.71. The van der Waals surface area contributed by atoms with E-state index in [1.807, 2.05) is 36.0 Å². The van der Waals surface area contributed by atoms with Gasteiger partial charge in [-0.3, -0.25) is 0 Å². The Hall–Kier alpha value is -0.510. The number of nitrogens with two attached hydrogens (primary N) is 1. The minimum absolute atomic E-state index is 0.298. The van der Waals surface area contributed by atoms with E-state index < -0.39 is 0 Å². The molecule has 1 aromatic rings. The van der Waals surface area contributed by atoms with Gasteiger partial charge in [0.25, 0.3) is 0 Å². The maximum atomic E-state index is 10.3. The number of aliphatic hydroxyl groups is 1. The first-order valence-electron chi connectivity index (χ1n) is 5.86. The van der Waals surface area contributed by atoms with Crippen molar-refractivity contribution in [3.8, 4) is 0 Å². The number of benzene rings is 1. The van der Waals surface area contributed by atoms with Crippen LogP contribution >= 0.6 is 11.8 Å². The Kier molecular flexibility index (Phi) is 4.27. The zero-order valence-electron chi connectivity index (χ0n) is 9.43. The topological polar surface area (TPSA) is 46.2 Å². The van der Waals surface area contributed by atoms with E-state index in [9.17, 15) is 5.11 Å². The molecular weight excluding hydrogens is 218 g/mol. The van der Waals surface area contributed by atoms with Crippen LogP contribution in [-0.4, -0.2) is 16.6 Å². The first-order valence-corrected chi connectivity index (χ1v) is 7.01. The van der Waals surface area contributed by atoms with Crippen molar-refractivity contribution in [1.82, 2.24) is 0 Å². The van der Waals surface area contributed by atoms with E-state index in [1.165, 1.54) is 11.5 Å². The molecule has 0 aromatic heterocycles. The summed E-state index contributed by atoms with van der Waals surface area (Å²) < 4.78 is 0. The molecule has 1 atom stereocenters. The molecule has 2 rings (SSSR count). The van der Waals surface area contributed by atoms with E-state index in [0.717, 1.165) is 24.0 Å². The van der Waals surface area contributed by atoms with Gasteiger partial charge in [-0.2, -0.15) is 11.8 Å². The first kappa shape index (κ1) is 12.0. The van der Waals surface area contributed by atoms with Crippen molar-refractivity contribution < 1.29 is 5.11 Å². The van der Waals surface area contributed by atoms with Gasteiger partial charge in [0.05, 0.1) is 6.10 Å². The minimum atomic E-state index is -0.298. The van der Waals surface area contributed by atoms with Gasteiger partial charge >= 0.3 is 0 Å². The predicted octanol–water partition coefficient (Wildman–Crippen LogP) is 2.32. The predicted molar refractivity (Wildman–Crippen MR) is 69.3 cm³/mol. The Bertz CT molecular complexity index is 319. The van der Waals surface area contributed by atoms with Gasteiger partial charge in [-0.05, 0) is 41.4 Å². The van der Waals surface area contributed by atoms with E-state index in [1.54, 1.807) is 0 Å². The highest BCUT2D eigenvalue weighted by Gasteiger charge is 2.22. The highest BCUT2D eigenvalue weighted by atomic mass is 32.2. The number of thioether (sulfide) groups is 1. The van der Waals surface area contributed by atoms with Crippen molar-refractivity contribution in [2.45, 2.75) is 25.5 Å². The van der Waals surface area contributed by atoms with Gasteiger partial charge in [-0.25, -0.2) is 0 Å². The van der Waals surface area contributed by atoms with Crippen molar-refractivity contribution in [1.29, 1.82) is 0 Å². The molecule has 16 heavy (non-hydrogen) atoms. The summed E-state index contributed by atoms with van der Waals surface area (Å²) in [4.78, 5) is 0. The summed E-state index contributed by atoms with van der Waals surface area (Å²) >= 11 is 1.99. The normalized spacial score (nSPS) is 19.6. The third kappa shape index (κ3) is 2.78. The molecule has 88 valence electrons. The molecule has 1 fully saturated rings. The lowest BCUT2D eigenvalue weighted by atomic mass is 9.90. The second kappa shape index (κ2) is 5.71. The average Bonchev–Trinajstić information content (AvgIpc) is 2.39. The van der Waals surface area contributed by atoms with Crippen LogP contribution in [0.4, 0.5) is 0 Å². The molecule has 0 bridgehead atoms. The van der Waals surface area contributed by atoms with Crippen molar-refractivity contribution in [2.75, 3.05) is 11.5 Å². The molecule has 0 aliphatic carbocycles. The van der Waals surface area contributed by atoms with Gasteiger partial charge < -0.3 is 10.8 Å². The zero-order valence-corrected chi connectivity index (χ0v) is 10.2. The maximum absolute atomic E-state index is 10.3. The molecule has 1 unspecified atom stereocenters. The Morgan fingerprint density at radius 2 is 1.88 bits per heavy atom. The van der Waals surface area contributed by atoms with Crippen LogP contribution in [0.1, 0.15) is 30.1 Å². The molecule has 0 saturated carbocycles. The zero-order chi connectivity index (χ0) is 11.4. The Morgan fingerprint density at radius 3 is 2.44 bits per heavy atom. The highest BCUT2D eigenvalue weighted by Crippen LogP contribution is 2.33. The molecule has 1 aliphatic heterocycles. The van der Waals surface area contributed by atoms with E-state index in [2.05, 4.69) is 0 Å².